The molecule has 1 unspecified atom stereocenters. The third-order valence-electron chi connectivity index (χ3n) is 2.81. The minimum atomic E-state index is -0.926. The van der Waals surface area contributed by atoms with Gasteiger partial charge in [0.1, 0.15) is 17.4 Å². The van der Waals surface area contributed by atoms with E-state index in [4.69, 9.17) is 10.2 Å². The smallest absolute Gasteiger partial charge is 0.134 e. The molecule has 4 heteroatoms. The zero-order valence-corrected chi connectivity index (χ0v) is 9.63. The molecule has 2 rings (SSSR count). The van der Waals surface area contributed by atoms with Crippen LogP contribution in [0.1, 0.15) is 28.5 Å². The van der Waals surface area contributed by atoms with Crippen molar-refractivity contribution in [1.82, 2.24) is 0 Å². The van der Waals surface area contributed by atoms with E-state index in [1.165, 1.54) is 18.4 Å². The molecule has 0 aliphatic carbocycles. The molecule has 2 aromatic rings. The Bertz CT molecular complexity index is 548. The number of benzene rings is 1. The van der Waals surface area contributed by atoms with Crippen molar-refractivity contribution in [3.63, 3.8) is 0 Å². The van der Waals surface area contributed by atoms with Crippen molar-refractivity contribution < 1.29 is 13.2 Å². The van der Waals surface area contributed by atoms with E-state index in [0.29, 0.717) is 11.3 Å². The van der Waals surface area contributed by atoms with E-state index in [2.05, 4.69) is 0 Å². The summed E-state index contributed by atoms with van der Waals surface area (Å²) in [5.74, 6) is -0.891. The molecule has 17 heavy (non-hydrogen) atoms. The van der Waals surface area contributed by atoms with E-state index < -0.39 is 17.7 Å². The summed E-state index contributed by atoms with van der Waals surface area (Å²) in [5.41, 5.74) is 6.85. The van der Waals surface area contributed by atoms with E-state index in [9.17, 15) is 8.78 Å². The van der Waals surface area contributed by atoms with Crippen LogP contribution in [0.4, 0.5) is 8.78 Å². The highest BCUT2D eigenvalue weighted by Gasteiger charge is 2.23. The molecule has 2 nitrogen and oxygen atoms in total. The maximum atomic E-state index is 13.9. The van der Waals surface area contributed by atoms with Gasteiger partial charge in [-0.15, -0.1) is 0 Å². The third kappa shape index (κ3) is 1.96. The lowest BCUT2D eigenvalue weighted by Crippen LogP contribution is -2.16. The Labute approximate surface area is 98.0 Å². The van der Waals surface area contributed by atoms with Crippen molar-refractivity contribution in [2.24, 2.45) is 5.73 Å². The van der Waals surface area contributed by atoms with Crippen LogP contribution in [0.2, 0.25) is 0 Å². The van der Waals surface area contributed by atoms with Crippen LogP contribution in [0.5, 0.6) is 0 Å². The van der Waals surface area contributed by atoms with Crippen molar-refractivity contribution in [1.29, 1.82) is 0 Å². The van der Waals surface area contributed by atoms with Crippen molar-refractivity contribution in [3.05, 3.63) is 58.5 Å². The van der Waals surface area contributed by atoms with E-state index in [1.807, 2.05) is 0 Å². The molecule has 90 valence electrons. The first-order valence-electron chi connectivity index (χ1n) is 5.26. The van der Waals surface area contributed by atoms with Crippen molar-refractivity contribution in [3.8, 4) is 0 Å². The molecular weight excluding hydrogens is 224 g/mol. The van der Waals surface area contributed by atoms with E-state index in [1.54, 1.807) is 19.9 Å². The molecule has 0 bridgehead atoms. The number of halogens is 2. The Morgan fingerprint density at radius 2 is 1.82 bits per heavy atom. The van der Waals surface area contributed by atoms with E-state index in [-0.39, 0.29) is 5.56 Å². The van der Waals surface area contributed by atoms with Crippen LogP contribution in [-0.4, -0.2) is 0 Å². The molecule has 1 heterocycles. The second-order valence-electron chi connectivity index (χ2n) is 4.04. The topological polar surface area (TPSA) is 39.2 Å². The lowest BCUT2D eigenvalue weighted by Gasteiger charge is -2.14. The van der Waals surface area contributed by atoms with Gasteiger partial charge in [-0.3, -0.25) is 0 Å². The van der Waals surface area contributed by atoms with Gasteiger partial charge in [-0.25, -0.2) is 8.78 Å². The average Bonchev–Trinajstić information content (AvgIpc) is 2.70. The molecule has 0 spiro atoms. The Morgan fingerprint density at radius 3 is 2.41 bits per heavy atom. The fraction of sp³-hybridized carbons (Fsp3) is 0.231. The summed E-state index contributed by atoms with van der Waals surface area (Å²) in [7, 11) is 0. The SMILES string of the molecule is Cc1ccoc1C(N)c1c(F)ccc(C)c1F. The zero-order valence-electron chi connectivity index (χ0n) is 9.63. The normalized spacial score (nSPS) is 12.8. The fourth-order valence-electron chi connectivity index (χ4n) is 1.80. The quantitative estimate of drug-likeness (QED) is 0.871. The molecule has 0 aliphatic heterocycles. The van der Waals surface area contributed by atoms with Crippen LogP contribution < -0.4 is 5.73 Å². The highest BCUT2D eigenvalue weighted by Crippen LogP contribution is 2.28. The Morgan fingerprint density at radius 1 is 1.12 bits per heavy atom. The Hall–Kier alpha value is -1.68. The molecule has 0 radical (unpaired) electrons. The summed E-state index contributed by atoms with van der Waals surface area (Å²) < 4.78 is 32.7. The summed E-state index contributed by atoms with van der Waals surface area (Å²) in [4.78, 5) is 0. The number of hydrogen-bond donors (Lipinski definition) is 1. The molecule has 0 aliphatic rings. The van der Waals surface area contributed by atoms with Crippen molar-refractivity contribution in [2.75, 3.05) is 0 Å². The first kappa shape index (κ1) is 11.8. The number of nitrogens with two attached hydrogens (primary N) is 1. The molecule has 1 aromatic heterocycles. The minimum absolute atomic E-state index is 0.150. The largest absolute Gasteiger partial charge is 0.467 e. The van der Waals surface area contributed by atoms with Gasteiger partial charge in [0.05, 0.1) is 12.3 Å². The van der Waals surface area contributed by atoms with Gasteiger partial charge in [0.25, 0.3) is 0 Å². The third-order valence-corrected chi connectivity index (χ3v) is 2.81. The van der Waals surface area contributed by atoms with E-state index in [0.717, 1.165) is 5.56 Å². The average molecular weight is 237 g/mol. The van der Waals surface area contributed by atoms with Gasteiger partial charge in [-0.05, 0) is 37.1 Å². The molecule has 0 fully saturated rings. The van der Waals surface area contributed by atoms with Crippen LogP contribution in [0.3, 0.4) is 0 Å². The highest BCUT2D eigenvalue weighted by molar-refractivity contribution is 5.35. The maximum absolute atomic E-state index is 13.9. The van der Waals surface area contributed by atoms with Crippen LogP contribution in [-0.2, 0) is 0 Å². The first-order chi connectivity index (χ1) is 8.02. The van der Waals surface area contributed by atoms with Gasteiger partial charge in [-0.1, -0.05) is 6.07 Å². The Balaban J connectivity index is 2.55. The van der Waals surface area contributed by atoms with Crippen molar-refractivity contribution >= 4 is 0 Å². The lowest BCUT2D eigenvalue weighted by molar-refractivity contribution is 0.462. The highest BCUT2D eigenvalue weighted by atomic mass is 19.1. The molecule has 2 N–H and O–H groups in total. The maximum Gasteiger partial charge on any atom is 0.134 e. The molecular formula is C13H13F2NO. The molecule has 1 atom stereocenters. The summed E-state index contributed by atoms with van der Waals surface area (Å²) >= 11 is 0. The molecule has 0 saturated carbocycles. The van der Waals surface area contributed by atoms with Gasteiger partial charge in [0.15, 0.2) is 0 Å². The second kappa shape index (κ2) is 4.30. The molecule has 0 saturated heterocycles. The van der Waals surface area contributed by atoms with Gasteiger partial charge in [0.2, 0.25) is 0 Å². The van der Waals surface area contributed by atoms with Crippen molar-refractivity contribution in [2.45, 2.75) is 19.9 Å². The van der Waals surface area contributed by atoms with Crippen LogP contribution in [0, 0.1) is 25.5 Å². The monoisotopic (exact) mass is 237 g/mol. The minimum Gasteiger partial charge on any atom is -0.467 e. The number of aryl methyl sites for hydroxylation is 2. The first-order valence-corrected chi connectivity index (χ1v) is 5.26. The summed E-state index contributed by atoms with van der Waals surface area (Å²) in [6.45, 7) is 3.35. The number of rotatable bonds is 2. The fourth-order valence-corrected chi connectivity index (χ4v) is 1.80. The summed E-state index contributed by atoms with van der Waals surface area (Å²) in [5, 5.41) is 0. The molecule has 0 amide bonds. The standard InChI is InChI=1S/C13H13F2NO/c1-7-3-4-9(14)10(11(7)15)12(16)13-8(2)5-6-17-13/h3-6,12H,16H2,1-2H3. The summed E-state index contributed by atoms with van der Waals surface area (Å²) in [6.07, 6.45) is 1.45. The number of furan rings is 1. The van der Waals surface area contributed by atoms with Crippen LogP contribution >= 0.6 is 0 Å². The predicted molar refractivity (Wildman–Crippen MR) is 60.6 cm³/mol. The Kier molecular flexibility index (Phi) is 2.98. The van der Waals surface area contributed by atoms with Gasteiger partial charge >= 0.3 is 0 Å². The summed E-state index contributed by atoms with van der Waals surface area (Å²) in [6, 6.07) is 3.38. The molecule has 1 aromatic carbocycles. The van der Waals surface area contributed by atoms with Gasteiger partial charge < -0.3 is 10.2 Å². The van der Waals surface area contributed by atoms with Crippen LogP contribution in [0.15, 0.2) is 28.9 Å². The predicted octanol–water partition coefficient (Wildman–Crippen LogP) is 3.22. The van der Waals surface area contributed by atoms with Gasteiger partial charge in [0, 0.05) is 5.56 Å². The zero-order chi connectivity index (χ0) is 12.6. The van der Waals surface area contributed by atoms with E-state index >= 15 is 0 Å². The van der Waals surface area contributed by atoms with Gasteiger partial charge in [-0.2, -0.15) is 0 Å². The lowest BCUT2D eigenvalue weighted by atomic mass is 9.99. The second-order valence-corrected chi connectivity index (χ2v) is 4.04. The number of hydrogen-bond acceptors (Lipinski definition) is 2. The van der Waals surface area contributed by atoms with Crippen LogP contribution in [0.25, 0.3) is 0 Å².